The molecule has 25 heavy (non-hydrogen) atoms. The van der Waals surface area contributed by atoms with E-state index in [1.54, 1.807) is 0 Å². The van der Waals surface area contributed by atoms with Crippen molar-refractivity contribution >= 4 is 21.9 Å². The molecule has 3 unspecified atom stereocenters. The van der Waals surface area contributed by atoms with Crippen LogP contribution in [-0.4, -0.2) is 39.3 Å². The van der Waals surface area contributed by atoms with Crippen LogP contribution in [0, 0.1) is 29.1 Å². The van der Waals surface area contributed by atoms with Crippen LogP contribution in [0.2, 0.25) is 0 Å². The molecule has 0 aromatic rings. The normalized spacial score (nSPS) is 51.8. The molecule has 0 aromatic carbocycles. The fourth-order valence-corrected chi connectivity index (χ4v) is 7.50. The van der Waals surface area contributed by atoms with E-state index >= 15 is 0 Å². The number of carbonyl (C=O) groups excluding carboxylic acids is 1. The molecule has 3 fully saturated rings. The molecule has 2 N–H and O–H groups in total. The van der Waals surface area contributed by atoms with Crippen molar-refractivity contribution in [2.45, 2.75) is 75.5 Å². The number of hydrogen-bond donors (Lipinski definition) is 2. The number of carbonyl (C=O) groups is 1. The molecule has 0 amide bonds. The van der Waals surface area contributed by atoms with E-state index in [-0.39, 0.29) is 34.3 Å². The third kappa shape index (κ3) is 2.81. The number of alkyl halides is 1. The van der Waals surface area contributed by atoms with Crippen molar-refractivity contribution < 1.29 is 19.7 Å². The quantitative estimate of drug-likeness (QED) is 0.394. The molecule has 4 rings (SSSR count). The maximum absolute atomic E-state index is 11.5. The Morgan fingerprint density at radius 3 is 2.76 bits per heavy atom. The fraction of sp³-hybridized carbons (Fsp3) is 0.850. The monoisotopic (exact) mass is 412 g/mol. The number of fused-ring (bicyclic) bond motifs is 5. The van der Waals surface area contributed by atoms with Crippen molar-refractivity contribution in [1.29, 1.82) is 0 Å². The van der Waals surface area contributed by atoms with Crippen LogP contribution in [-0.2, 0) is 9.53 Å². The van der Waals surface area contributed by atoms with Crippen molar-refractivity contribution in [2.24, 2.45) is 29.1 Å². The van der Waals surface area contributed by atoms with Gasteiger partial charge in [0.2, 0.25) is 0 Å². The minimum atomic E-state index is -0.443. The van der Waals surface area contributed by atoms with Crippen molar-refractivity contribution in [1.82, 2.24) is 0 Å². The van der Waals surface area contributed by atoms with Gasteiger partial charge in [0.1, 0.15) is 6.10 Å². The summed E-state index contributed by atoms with van der Waals surface area (Å²) in [6.45, 7) is 3.83. The van der Waals surface area contributed by atoms with Crippen LogP contribution < -0.4 is 0 Å². The molecule has 4 nitrogen and oxygen atoms in total. The lowest BCUT2D eigenvalue weighted by Gasteiger charge is -2.56. The minimum Gasteiger partial charge on any atom is -0.461 e. The molecule has 140 valence electrons. The maximum Gasteiger partial charge on any atom is 0.302 e. The van der Waals surface area contributed by atoms with Gasteiger partial charge in [0, 0.05) is 12.8 Å². The highest BCUT2D eigenvalue weighted by Gasteiger charge is 2.58. The van der Waals surface area contributed by atoms with E-state index in [1.165, 1.54) is 12.5 Å². The SMILES string of the molecule is CC(=O)O[C@H]1[C@H](Br)CC2C3C(CC[C@@H]21)[C@@]1(C)CC[C@H](O)CC1=C[C@@H]3O. The first-order chi connectivity index (χ1) is 11.8. The molecule has 0 heterocycles. The van der Waals surface area contributed by atoms with Gasteiger partial charge in [0.15, 0.2) is 0 Å². The molecule has 0 bridgehead atoms. The van der Waals surface area contributed by atoms with E-state index in [0.29, 0.717) is 24.2 Å². The second-order valence-corrected chi connectivity index (χ2v) is 10.1. The van der Waals surface area contributed by atoms with E-state index in [9.17, 15) is 15.0 Å². The van der Waals surface area contributed by atoms with Gasteiger partial charge in [-0.2, -0.15) is 0 Å². The third-order valence-electron chi connectivity index (χ3n) is 7.67. The lowest BCUT2D eigenvalue weighted by Crippen LogP contribution is -2.52. The number of aliphatic hydroxyl groups excluding tert-OH is 2. The standard InChI is InChI=1S/C20H29BrO4/c1-10(22)25-19-13-3-4-15-18(14(13)9-16(19)21)17(24)8-11-7-12(23)5-6-20(11,15)2/h8,12-19,23-24H,3-7,9H2,1-2H3/t12-,13-,14?,15?,16+,17-,18?,19+,20-/m0/s1. The Bertz CT molecular complexity index is 590. The highest BCUT2D eigenvalue weighted by Crippen LogP contribution is 2.62. The van der Waals surface area contributed by atoms with Crippen molar-refractivity contribution in [3.63, 3.8) is 0 Å². The van der Waals surface area contributed by atoms with Gasteiger partial charge < -0.3 is 14.9 Å². The second kappa shape index (κ2) is 6.35. The number of rotatable bonds is 1. The van der Waals surface area contributed by atoms with Crippen LogP contribution in [0.15, 0.2) is 11.6 Å². The lowest BCUT2D eigenvalue weighted by atomic mass is 9.50. The van der Waals surface area contributed by atoms with Crippen LogP contribution in [0.1, 0.15) is 52.4 Å². The van der Waals surface area contributed by atoms with Crippen molar-refractivity contribution in [3.05, 3.63) is 11.6 Å². The van der Waals surface area contributed by atoms with Gasteiger partial charge in [-0.15, -0.1) is 0 Å². The Morgan fingerprint density at radius 1 is 1.28 bits per heavy atom. The third-order valence-corrected chi connectivity index (χ3v) is 8.56. The predicted octanol–water partition coefficient (Wildman–Crippen LogP) is 3.20. The lowest BCUT2D eigenvalue weighted by molar-refractivity contribution is -0.150. The van der Waals surface area contributed by atoms with Crippen LogP contribution in [0.3, 0.4) is 0 Å². The summed E-state index contributed by atoms with van der Waals surface area (Å²) in [5, 5.41) is 21.0. The highest BCUT2D eigenvalue weighted by molar-refractivity contribution is 9.09. The van der Waals surface area contributed by atoms with E-state index in [1.807, 2.05) is 6.08 Å². The molecular weight excluding hydrogens is 384 g/mol. The molecule has 0 aromatic heterocycles. The Hall–Kier alpha value is -0.390. The molecule has 0 radical (unpaired) electrons. The molecule has 4 aliphatic rings. The molecule has 0 aliphatic heterocycles. The molecule has 3 saturated carbocycles. The fourth-order valence-electron chi connectivity index (χ4n) is 6.57. The maximum atomic E-state index is 11.5. The smallest absolute Gasteiger partial charge is 0.302 e. The van der Waals surface area contributed by atoms with E-state index < -0.39 is 6.10 Å². The summed E-state index contributed by atoms with van der Waals surface area (Å²) in [5.74, 6) is 1.23. The highest BCUT2D eigenvalue weighted by atomic mass is 79.9. The predicted molar refractivity (Wildman–Crippen MR) is 98.1 cm³/mol. The Kier molecular flexibility index (Phi) is 4.57. The van der Waals surface area contributed by atoms with Crippen LogP contribution in [0.25, 0.3) is 0 Å². The summed E-state index contributed by atoms with van der Waals surface area (Å²) >= 11 is 3.74. The second-order valence-electron chi connectivity index (χ2n) is 8.91. The van der Waals surface area contributed by atoms with Gasteiger partial charge >= 0.3 is 5.97 Å². The Balaban J connectivity index is 1.64. The summed E-state index contributed by atoms with van der Waals surface area (Å²) in [4.78, 5) is 11.7. The number of esters is 1. The molecule has 9 atom stereocenters. The van der Waals surface area contributed by atoms with E-state index in [4.69, 9.17) is 4.74 Å². The zero-order valence-electron chi connectivity index (χ0n) is 15.0. The average Bonchev–Trinajstić information content (AvgIpc) is 2.85. The molecule has 4 aliphatic carbocycles. The van der Waals surface area contributed by atoms with E-state index in [2.05, 4.69) is 22.9 Å². The summed E-state index contributed by atoms with van der Waals surface area (Å²) in [5.41, 5.74) is 1.37. The first-order valence-corrected chi connectivity index (χ1v) is 10.6. The number of halogens is 1. The van der Waals surface area contributed by atoms with E-state index in [0.717, 1.165) is 32.1 Å². The number of aliphatic hydroxyl groups is 2. The Labute approximate surface area is 158 Å². The first-order valence-electron chi connectivity index (χ1n) is 9.70. The van der Waals surface area contributed by atoms with Crippen LogP contribution in [0.5, 0.6) is 0 Å². The molecule has 0 spiro atoms. The summed E-state index contributed by atoms with van der Waals surface area (Å²) < 4.78 is 5.64. The summed E-state index contributed by atoms with van der Waals surface area (Å²) in [6.07, 6.45) is 6.96. The molecule has 0 saturated heterocycles. The molecule has 5 heteroatoms. The van der Waals surface area contributed by atoms with Gasteiger partial charge in [0.05, 0.1) is 17.0 Å². The van der Waals surface area contributed by atoms with Gasteiger partial charge in [-0.05, 0) is 61.7 Å². The zero-order valence-corrected chi connectivity index (χ0v) is 16.6. The largest absolute Gasteiger partial charge is 0.461 e. The number of hydrogen-bond acceptors (Lipinski definition) is 4. The van der Waals surface area contributed by atoms with Gasteiger partial charge in [-0.1, -0.05) is 34.5 Å². The Morgan fingerprint density at radius 2 is 2.04 bits per heavy atom. The molecular formula is C20H29BrO4. The van der Waals surface area contributed by atoms with Crippen molar-refractivity contribution in [2.75, 3.05) is 0 Å². The number of ether oxygens (including phenoxy) is 1. The average molecular weight is 413 g/mol. The van der Waals surface area contributed by atoms with Crippen molar-refractivity contribution in [3.8, 4) is 0 Å². The zero-order chi connectivity index (χ0) is 17.9. The minimum absolute atomic E-state index is 0.0676. The van der Waals surface area contributed by atoms with Gasteiger partial charge in [-0.3, -0.25) is 4.79 Å². The van der Waals surface area contributed by atoms with Gasteiger partial charge in [0.25, 0.3) is 0 Å². The first kappa shape index (κ1) is 18.0. The van der Waals surface area contributed by atoms with Crippen LogP contribution >= 0.6 is 15.9 Å². The topological polar surface area (TPSA) is 66.8 Å². The summed E-state index contributed by atoms with van der Waals surface area (Å²) in [7, 11) is 0. The van der Waals surface area contributed by atoms with Crippen LogP contribution in [0.4, 0.5) is 0 Å². The summed E-state index contributed by atoms with van der Waals surface area (Å²) in [6, 6.07) is 0. The van der Waals surface area contributed by atoms with Gasteiger partial charge in [-0.25, -0.2) is 0 Å².